The van der Waals surface area contributed by atoms with Gasteiger partial charge in [0.25, 0.3) is 5.97 Å². The molecule has 1 aromatic rings. The Morgan fingerprint density at radius 1 is 1.92 bits per heavy atom. The molecule has 0 bridgehead atoms. The summed E-state index contributed by atoms with van der Waals surface area (Å²) in [5.41, 5.74) is 0. The van der Waals surface area contributed by atoms with E-state index in [0.717, 1.165) is 19.2 Å². The molecule has 2 N–H and O–H groups in total. The van der Waals surface area contributed by atoms with E-state index in [2.05, 4.69) is 16.5 Å². The quantitative estimate of drug-likeness (QED) is 0.652. The van der Waals surface area contributed by atoms with Gasteiger partial charge in [-0.05, 0) is 0 Å². The SMILES string of the molecule is C=CCc1ncc[nH]1.CC(=O)O. The van der Waals surface area contributed by atoms with Gasteiger partial charge in [0.1, 0.15) is 5.82 Å². The number of nitrogens with zero attached hydrogens (tertiary/aromatic N) is 1. The molecule has 0 spiro atoms. The van der Waals surface area contributed by atoms with Crippen molar-refractivity contribution in [2.75, 3.05) is 0 Å². The number of rotatable bonds is 2. The number of imidazole rings is 1. The molecular weight excluding hydrogens is 156 g/mol. The minimum absolute atomic E-state index is 0.826. The van der Waals surface area contributed by atoms with Crippen LogP contribution in [0, 0.1) is 0 Å². The Hall–Kier alpha value is -1.58. The predicted molar refractivity (Wildman–Crippen MR) is 45.8 cm³/mol. The van der Waals surface area contributed by atoms with Crippen molar-refractivity contribution in [2.24, 2.45) is 0 Å². The molecule has 1 aromatic heterocycles. The van der Waals surface area contributed by atoms with Crippen LogP contribution in [0.1, 0.15) is 12.7 Å². The second-order valence-electron chi connectivity index (χ2n) is 2.05. The Morgan fingerprint density at radius 2 is 2.50 bits per heavy atom. The van der Waals surface area contributed by atoms with Gasteiger partial charge in [0, 0.05) is 25.7 Å². The van der Waals surface area contributed by atoms with Gasteiger partial charge in [-0.1, -0.05) is 6.08 Å². The average molecular weight is 168 g/mol. The van der Waals surface area contributed by atoms with Crippen molar-refractivity contribution in [1.29, 1.82) is 0 Å². The van der Waals surface area contributed by atoms with Crippen LogP contribution in [-0.2, 0) is 11.2 Å². The number of nitrogens with one attached hydrogen (secondary N) is 1. The molecule has 4 nitrogen and oxygen atoms in total. The Labute approximate surface area is 71.0 Å². The zero-order valence-corrected chi connectivity index (χ0v) is 6.95. The van der Waals surface area contributed by atoms with Gasteiger partial charge in [0.05, 0.1) is 0 Å². The predicted octanol–water partition coefficient (Wildman–Crippen LogP) is 1.23. The lowest BCUT2D eigenvalue weighted by Gasteiger charge is -1.82. The lowest BCUT2D eigenvalue weighted by atomic mass is 10.4. The standard InChI is InChI=1S/C6H8N2.C2H4O2/c1-2-3-6-7-4-5-8-6;1-2(3)4/h2,4-5H,1,3H2,(H,7,8);1H3,(H,3,4). The second-order valence-corrected chi connectivity index (χ2v) is 2.05. The van der Waals surface area contributed by atoms with Gasteiger partial charge in [-0.25, -0.2) is 4.98 Å². The first-order valence-corrected chi connectivity index (χ1v) is 3.45. The summed E-state index contributed by atoms with van der Waals surface area (Å²) in [4.78, 5) is 15.9. The monoisotopic (exact) mass is 168 g/mol. The smallest absolute Gasteiger partial charge is 0.300 e. The van der Waals surface area contributed by atoms with Crippen LogP contribution in [0.25, 0.3) is 0 Å². The molecule has 0 amide bonds. The maximum absolute atomic E-state index is 9.00. The normalized spacial score (nSPS) is 8.08. The first-order chi connectivity index (χ1) is 5.66. The lowest BCUT2D eigenvalue weighted by Crippen LogP contribution is -1.80. The summed E-state index contributed by atoms with van der Waals surface area (Å²) in [5.74, 6) is 0.139. The Morgan fingerprint density at radius 3 is 2.83 bits per heavy atom. The van der Waals surface area contributed by atoms with Crippen LogP contribution in [0.2, 0.25) is 0 Å². The molecule has 0 fully saturated rings. The van der Waals surface area contributed by atoms with Gasteiger partial charge in [0.2, 0.25) is 0 Å². The van der Waals surface area contributed by atoms with E-state index in [0.29, 0.717) is 0 Å². The van der Waals surface area contributed by atoms with Crippen LogP contribution in [0.4, 0.5) is 0 Å². The van der Waals surface area contributed by atoms with Gasteiger partial charge in [-0.3, -0.25) is 4.79 Å². The molecule has 1 rings (SSSR count). The highest BCUT2D eigenvalue weighted by Gasteiger charge is 1.85. The summed E-state index contributed by atoms with van der Waals surface area (Å²) in [7, 11) is 0. The topological polar surface area (TPSA) is 66.0 Å². The molecule has 0 aromatic carbocycles. The molecule has 0 radical (unpaired) electrons. The number of carbonyl (C=O) groups is 1. The number of hydrogen-bond acceptors (Lipinski definition) is 2. The third kappa shape index (κ3) is 6.54. The number of hydrogen-bond donors (Lipinski definition) is 2. The molecule has 4 heteroatoms. The number of aromatic amines is 1. The van der Waals surface area contributed by atoms with Crippen molar-refractivity contribution in [3.05, 3.63) is 30.9 Å². The summed E-state index contributed by atoms with van der Waals surface area (Å²) < 4.78 is 0. The summed E-state index contributed by atoms with van der Waals surface area (Å²) >= 11 is 0. The van der Waals surface area contributed by atoms with Gasteiger partial charge in [-0.15, -0.1) is 6.58 Å². The van der Waals surface area contributed by atoms with Crippen LogP contribution < -0.4 is 0 Å². The molecule has 0 aliphatic heterocycles. The molecule has 0 saturated heterocycles. The van der Waals surface area contributed by atoms with Crippen LogP contribution in [0.5, 0.6) is 0 Å². The van der Waals surface area contributed by atoms with Crippen LogP contribution in [0.15, 0.2) is 25.0 Å². The van der Waals surface area contributed by atoms with E-state index in [1.807, 2.05) is 6.08 Å². The molecule has 0 aliphatic rings. The third-order valence-electron chi connectivity index (χ3n) is 0.893. The first-order valence-electron chi connectivity index (χ1n) is 3.45. The van der Waals surface area contributed by atoms with Crippen molar-refractivity contribution < 1.29 is 9.90 Å². The zero-order chi connectivity index (χ0) is 9.40. The van der Waals surface area contributed by atoms with E-state index in [1.54, 1.807) is 12.4 Å². The first kappa shape index (κ1) is 10.4. The fraction of sp³-hybridized carbons (Fsp3) is 0.250. The molecular formula is C8H12N2O2. The molecule has 12 heavy (non-hydrogen) atoms. The summed E-state index contributed by atoms with van der Waals surface area (Å²) in [6.45, 7) is 4.66. The number of aliphatic carboxylic acids is 1. The highest BCUT2D eigenvalue weighted by molar-refractivity contribution is 5.62. The number of carboxylic acid groups (broad SMARTS) is 1. The van der Waals surface area contributed by atoms with Crippen molar-refractivity contribution in [1.82, 2.24) is 9.97 Å². The fourth-order valence-electron chi connectivity index (χ4n) is 0.546. The van der Waals surface area contributed by atoms with Crippen LogP contribution in [-0.4, -0.2) is 21.0 Å². The number of aromatic nitrogens is 2. The summed E-state index contributed by atoms with van der Waals surface area (Å²) in [6.07, 6.45) is 6.18. The van der Waals surface area contributed by atoms with Gasteiger partial charge in [-0.2, -0.15) is 0 Å². The molecule has 0 unspecified atom stereocenters. The minimum Gasteiger partial charge on any atom is -0.481 e. The minimum atomic E-state index is -0.833. The van der Waals surface area contributed by atoms with E-state index < -0.39 is 5.97 Å². The summed E-state index contributed by atoms with van der Waals surface area (Å²) in [6, 6.07) is 0. The van der Waals surface area contributed by atoms with Crippen molar-refractivity contribution in [3.8, 4) is 0 Å². The number of allylic oxidation sites excluding steroid dienone is 1. The lowest BCUT2D eigenvalue weighted by molar-refractivity contribution is -0.134. The average Bonchev–Trinajstić information content (AvgIpc) is 2.39. The molecule has 66 valence electrons. The molecule has 0 aliphatic carbocycles. The van der Waals surface area contributed by atoms with E-state index in [1.165, 1.54) is 0 Å². The maximum Gasteiger partial charge on any atom is 0.300 e. The zero-order valence-electron chi connectivity index (χ0n) is 6.95. The molecule has 0 saturated carbocycles. The van der Waals surface area contributed by atoms with Crippen LogP contribution in [0.3, 0.4) is 0 Å². The van der Waals surface area contributed by atoms with E-state index in [9.17, 15) is 0 Å². The van der Waals surface area contributed by atoms with Gasteiger partial charge >= 0.3 is 0 Å². The Balaban J connectivity index is 0.000000261. The Bertz CT molecular complexity index is 225. The number of H-pyrrole nitrogens is 1. The van der Waals surface area contributed by atoms with Crippen molar-refractivity contribution >= 4 is 5.97 Å². The number of carboxylic acids is 1. The van der Waals surface area contributed by atoms with Gasteiger partial charge in [0.15, 0.2) is 0 Å². The third-order valence-corrected chi connectivity index (χ3v) is 0.893. The van der Waals surface area contributed by atoms with E-state index >= 15 is 0 Å². The second kappa shape index (κ2) is 6.15. The highest BCUT2D eigenvalue weighted by atomic mass is 16.4. The van der Waals surface area contributed by atoms with Crippen molar-refractivity contribution in [2.45, 2.75) is 13.3 Å². The Kier molecular flexibility index (Phi) is 5.34. The van der Waals surface area contributed by atoms with E-state index in [4.69, 9.17) is 9.90 Å². The highest BCUT2D eigenvalue weighted by Crippen LogP contribution is 1.88. The van der Waals surface area contributed by atoms with Crippen LogP contribution >= 0.6 is 0 Å². The molecule has 0 atom stereocenters. The van der Waals surface area contributed by atoms with Crippen molar-refractivity contribution in [3.63, 3.8) is 0 Å². The fourth-order valence-corrected chi connectivity index (χ4v) is 0.546. The summed E-state index contributed by atoms with van der Waals surface area (Å²) in [5, 5.41) is 7.42. The maximum atomic E-state index is 9.00. The van der Waals surface area contributed by atoms with Gasteiger partial charge < -0.3 is 10.1 Å². The van der Waals surface area contributed by atoms with E-state index in [-0.39, 0.29) is 0 Å². The largest absolute Gasteiger partial charge is 0.481 e. The molecule has 1 heterocycles.